The summed E-state index contributed by atoms with van der Waals surface area (Å²) in [7, 11) is 1.59. The second-order valence-electron chi connectivity index (χ2n) is 7.18. The molecule has 31 heavy (non-hydrogen) atoms. The first-order chi connectivity index (χ1) is 15.1. The Morgan fingerprint density at radius 1 is 0.968 bits per heavy atom. The fourth-order valence-electron chi connectivity index (χ4n) is 3.01. The lowest BCUT2D eigenvalue weighted by Gasteiger charge is -2.13. The number of pyridine rings is 1. The first-order valence-corrected chi connectivity index (χ1v) is 10.3. The van der Waals surface area contributed by atoms with Crippen molar-refractivity contribution in [1.82, 2.24) is 4.98 Å². The van der Waals surface area contributed by atoms with E-state index in [1.807, 2.05) is 43.3 Å². The lowest BCUT2D eigenvalue weighted by atomic mass is 10.2. The highest BCUT2D eigenvalue weighted by atomic mass is 16.5. The Labute approximate surface area is 183 Å². The summed E-state index contributed by atoms with van der Waals surface area (Å²) < 4.78 is 17.0. The fourth-order valence-corrected chi connectivity index (χ4v) is 3.01. The van der Waals surface area contributed by atoms with Gasteiger partial charge in [-0.15, -0.1) is 0 Å². The minimum absolute atomic E-state index is 0.0409. The molecule has 0 saturated heterocycles. The normalized spacial score (nSPS) is 10.4. The molecular formula is C25H28N2O4. The van der Waals surface area contributed by atoms with E-state index in [0.29, 0.717) is 36.8 Å². The molecule has 0 bridgehead atoms. The van der Waals surface area contributed by atoms with Crippen LogP contribution in [0, 0.1) is 6.92 Å². The van der Waals surface area contributed by atoms with Crippen LogP contribution in [0.3, 0.4) is 0 Å². The first kappa shape index (κ1) is 22.2. The highest BCUT2D eigenvalue weighted by Gasteiger charge is 2.09. The second kappa shape index (κ2) is 11.6. The zero-order valence-electron chi connectivity index (χ0n) is 18.0. The minimum Gasteiger partial charge on any atom is -0.494 e. The molecule has 162 valence electrons. The van der Waals surface area contributed by atoms with Crippen molar-refractivity contribution in [3.63, 3.8) is 0 Å². The lowest BCUT2D eigenvalue weighted by molar-refractivity contribution is -0.116. The average molecular weight is 421 g/mol. The molecule has 0 fully saturated rings. The predicted octanol–water partition coefficient (Wildman–Crippen LogP) is 5.17. The Bertz CT molecular complexity index is 976. The topological polar surface area (TPSA) is 69.7 Å². The third-order valence-corrected chi connectivity index (χ3v) is 4.65. The highest BCUT2D eigenvalue weighted by Crippen LogP contribution is 2.31. The van der Waals surface area contributed by atoms with Gasteiger partial charge in [-0.25, -0.2) is 0 Å². The molecule has 0 atom stereocenters. The van der Waals surface area contributed by atoms with E-state index in [9.17, 15) is 4.79 Å². The van der Waals surface area contributed by atoms with Gasteiger partial charge in [-0.2, -0.15) is 0 Å². The average Bonchev–Trinajstić information content (AvgIpc) is 2.78. The van der Waals surface area contributed by atoms with E-state index in [2.05, 4.69) is 10.3 Å². The SMILES string of the molecule is COc1ccc(NC(=O)CCCCOc2cccc(C)c2)cc1OCc1ccncc1. The molecule has 1 heterocycles. The molecule has 1 aromatic heterocycles. The number of anilines is 1. The van der Waals surface area contributed by atoms with Crippen LogP contribution in [-0.2, 0) is 11.4 Å². The van der Waals surface area contributed by atoms with Crippen molar-refractivity contribution in [2.24, 2.45) is 0 Å². The van der Waals surface area contributed by atoms with E-state index in [-0.39, 0.29) is 5.91 Å². The van der Waals surface area contributed by atoms with Gasteiger partial charge in [-0.05, 0) is 67.3 Å². The van der Waals surface area contributed by atoms with Gasteiger partial charge in [0.15, 0.2) is 11.5 Å². The molecule has 6 nitrogen and oxygen atoms in total. The van der Waals surface area contributed by atoms with Gasteiger partial charge in [-0.3, -0.25) is 9.78 Å². The summed E-state index contributed by atoms with van der Waals surface area (Å²) >= 11 is 0. The van der Waals surface area contributed by atoms with Crippen LogP contribution in [0.5, 0.6) is 17.2 Å². The van der Waals surface area contributed by atoms with Crippen molar-refractivity contribution in [1.29, 1.82) is 0 Å². The Morgan fingerprint density at radius 3 is 2.58 bits per heavy atom. The Balaban J connectivity index is 1.44. The Hall–Kier alpha value is -3.54. The van der Waals surface area contributed by atoms with Crippen LogP contribution in [0.4, 0.5) is 5.69 Å². The van der Waals surface area contributed by atoms with Gasteiger partial charge in [0, 0.05) is 30.6 Å². The number of rotatable bonds is 11. The van der Waals surface area contributed by atoms with Gasteiger partial charge in [0.05, 0.1) is 13.7 Å². The van der Waals surface area contributed by atoms with Crippen molar-refractivity contribution in [3.05, 3.63) is 78.1 Å². The molecule has 0 unspecified atom stereocenters. The standard InChI is InChI=1S/C25H28N2O4/c1-19-6-5-7-22(16-19)30-15-4-3-8-25(28)27-21-9-10-23(29-2)24(17-21)31-18-20-11-13-26-14-12-20/h5-7,9-14,16-17H,3-4,8,15,18H2,1-2H3,(H,27,28). The van der Waals surface area contributed by atoms with Gasteiger partial charge in [0.2, 0.25) is 5.91 Å². The molecule has 0 spiro atoms. The number of hydrogen-bond acceptors (Lipinski definition) is 5. The zero-order chi connectivity index (χ0) is 21.9. The fraction of sp³-hybridized carbons (Fsp3) is 0.280. The molecular weight excluding hydrogens is 392 g/mol. The number of carbonyl (C=O) groups is 1. The van der Waals surface area contributed by atoms with Crippen LogP contribution < -0.4 is 19.5 Å². The summed E-state index contributed by atoms with van der Waals surface area (Å²) in [6, 6.07) is 17.1. The van der Waals surface area contributed by atoms with E-state index in [1.165, 1.54) is 5.56 Å². The molecule has 1 N–H and O–H groups in total. The zero-order valence-corrected chi connectivity index (χ0v) is 18.0. The molecule has 0 radical (unpaired) electrons. The quantitative estimate of drug-likeness (QED) is 0.434. The van der Waals surface area contributed by atoms with Gasteiger partial charge >= 0.3 is 0 Å². The number of unbranched alkanes of at least 4 members (excludes halogenated alkanes) is 1. The van der Waals surface area contributed by atoms with Crippen molar-refractivity contribution in [2.45, 2.75) is 32.8 Å². The Morgan fingerprint density at radius 2 is 1.81 bits per heavy atom. The number of hydrogen-bond donors (Lipinski definition) is 1. The summed E-state index contributed by atoms with van der Waals surface area (Å²) in [6.45, 7) is 3.01. The van der Waals surface area contributed by atoms with Crippen LogP contribution in [-0.4, -0.2) is 24.6 Å². The van der Waals surface area contributed by atoms with E-state index < -0.39 is 0 Å². The third-order valence-electron chi connectivity index (χ3n) is 4.65. The van der Waals surface area contributed by atoms with Gasteiger partial charge in [0.25, 0.3) is 0 Å². The number of nitrogens with one attached hydrogen (secondary N) is 1. The van der Waals surface area contributed by atoms with Crippen molar-refractivity contribution < 1.29 is 19.0 Å². The highest BCUT2D eigenvalue weighted by molar-refractivity contribution is 5.91. The predicted molar refractivity (Wildman–Crippen MR) is 121 cm³/mol. The molecule has 6 heteroatoms. The van der Waals surface area contributed by atoms with Crippen LogP contribution >= 0.6 is 0 Å². The van der Waals surface area contributed by atoms with E-state index >= 15 is 0 Å². The van der Waals surface area contributed by atoms with Crippen LogP contribution in [0.2, 0.25) is 0 Å². The number of nitrogens with zero attached hydrogens (tertiary/aromatic N) is 1. The van der Waals surface area contributed by atoms with Gasteiger partial charge in [0.1, 0.15) is 12.4 Å². The van der Waals surface area contributed by atoms with E-state index in [0.717, 1.165) is 24.2 Å². The molecule has 0 saturated carbocycles. The van der Waals surface area contributed by atoms with Crippen LogP contribution in [0.1, 0.15) is 30.4 Å². The number of benzene rings is 2. The van der Waals surface area contributed by atoms with Gasteiger partial charge < -0.3 is 19.5 Å². The summed E-state index contributed by atoms with van der Waals surface area (Å²) in [5, 5.41) is 2.92. The number of methoxy groups -OCH3 is 1. The Kier molecular flexibility index (Phi) is 8.29. The third kappa shape index (κ3) is 7.33. The van der Waals surface area contributed by atoms with Crippen molar-refractivity contribution >= 4 is 11.6 Å². The molecule has 0 aliphatic carbocycles. The maximum absolute atomic E-state index is 12.3. The summed E-state index contributed by atoms with van der Waals surface area (Å²) in [5.41, 5.74) is 2.84. The van der Waals surface area contributed by atoms with Crippen LogP contribution in [0.15, 0.2) is 67.0 Å². The number of aryl methyl sites for hydroxylation is 1. The number of amides is 1. The monoisotopic (exact) mass is 420 g/mol. The van der Waals surface area contributed by atoms with Crippen molar-refractivity contribution in [2.75, 3.05) is 19.0 Å². The molecule has 2 aromatic carbocycles. The minimum atomic E-state index is -0.0409. The van der Waals surface area contributed by atoms with Gasteiger partial charge in [-0.1, -0.05) is 12.1 Å². The molecule has 3 aromatic rings. The number of carbonyl (C=O) groups excluding carboxylic acids is 1. The lowest BCUT2D eigenvalue weighted by Crippen LogP contribution is -2.12. The maximum atomic E-state index is 12.3. The van der Waals surface area contributed by atoms with E-state index in [4.69, 9.17) is 14.2 Å². The largest absolute Gasteiger partial charge is 0.494 e. The number of aromatic nitrogens is 1. The van der Waals surface area contributed by atoms with Crippen molar-refractivity contribution in [3.8, 4) is 17.2 Å². The molecule has 0 aliphatic rings. The first-order valence-electron chi connectivity index (χ1n) is 10.3. The molecule has 1 amide bonds. The summed E-state index contributed by atoms with van der Waals surface area (Å²) in [4.78, 5) is 16.3. The number of ether oxygens (including phenoxy) is 3. The van der Waals surface area contributed by atoms with Crippen LogP contribution in [0.25, 0.3) is 0 Å². The van der Waals surface area contributed by atoms with E-state index in [1.54, 1.807) is 37.7 Å². The summed E-state index contributed by atoms with van der Waals surface area (Å²) in [6.07, 6.45) is 5.43. The summed E-state index contributed by atoms with van der Waals surface area (Å²) in [5.74, 6) is 2.01. The molecule has 0 aliphatic heterocycles. The molecule has 3 rings (SSSR count). The second-order valence-corrected chi connectivity index (χ2v) is 7.18. The smallest absolute Gasteiger partial charge is 0.224 e. The maximum Gasteiger partial charge on any atom is 0.224 e.